The monoisotopic (exact) mass is 844 g/mol. The smallest absolute Gasteiger partial charge is 0.264 e. The van der Waals surface area contributed by atoms with Crippen LogP contribution in [0.25, 0.3) is 10.9 Å². The second-order valence-corrected chi connectivity index (χ2v) is 21.9. The van der Waals surface area contributed by atoms with E-state index in [2.05, 4.69) is 58.8 Å². The highest BCUT2D eigenvalue weighted by molar-refractivity contribution is 6.91. The second-order valence-electron chi connectivity index (χ2n) is 17.2. The van der Waals surface area contributed by atoms with Crippen molar-refractivity contribution < 1.29 is 24.2 Å². The van der Waals surface area contributed by atoms with Crippen molar-refractivity contribution in [3.05, 3.63) is 168 Å². The molecule has 0 radical (unpaired) electrons. The van der Waals surface area contributed by atoms with E-state index in [1.807, 2.05) is 131 Å². The van der Waals surface area contributed by atoms with Crippen LogP contribution >= 0.6 is 0 Å². The number of H-pyrrole nitrogens is 1. The summed E-state index contributed by atoms with van der Waals surface area (Å²) in [6.45, 7) is 7.77. The zero-order valence-corrected chi connectivity index (χ0v) is 36.5. The number of aromatic amines is 1. The van der Waals surface area contributed by atoms with Gasteiger partial charge in [-0.25, -0.2) is 0 Å². The first-order chi connectivity index (χ1) is 30.1. The Morgan fingerprint density at radius 1 is 0.952 bits per heavy atom. The molecule has 5 aromatic carbocycles. The first-order valence-corrected chi connectivity index (χ1v) is 24.4. The van der Waals surface area contributed by atoms with E-state index in [1.165, 1.54) is 5.19 Å². The molecular weight excluding hydrogens is 793 g/mol. The van der Waals surface area contributed by atoms with Gasteiger partial charge in [-0.3, -0.25) is 14.3 Å². The van der Waals surface area contributed by atoms with Gasteiger partial charge in [0.2, 0.25) is 5.91 Å². The summed E-state index contributed by atoms with van der Waals surface area (Å²) in [5, 5.41) is 24.7. The number of amides is 2. The van der Waals surface area contributed by atoms with E-state index in [0.29, 0.717) is 30.9 Å². The number of ether oxygens (including phenoxy) is 2. The van der Waals surface area contributed by atoms with Crippen molar-refractivity contribution in [2.45, 2.75) is 69.1 Å². The molecule has 2 amide bonds. The van der Waals surface area contributed by atoms with Crippen LogP contribution in [0.2, 0.25) is 18.6 Å². The molecular formula is C50H52N6O5Si. The Kier molecular flexibility index (Phi) is 11.1. The van der Waals surface area contributed by atoms with Gasteiger partial charge in [-0.05, 0) is 65.1 Å². The number of aryl methyl sites for hydroxylation is 1. The van der Waals surface area contributed by atoms with E-state index < -0.39 is 13.7 Å². The maximum atomic E-state index is 15.3. The summed E-state index contributed by atoms with van der Waals surface area (Å²) < 4.78 is 14.7. The maximum Gasteiger partial charge on any atom is 0.264 e. The Bertz CT molecular complexity index is 2700. The molecule has 62 heavy (non-hydrogen) atoms. The van der Waals surface area contributed by atoms with E-state index in [-0.39, 0.29) is 48.3 Å². The van der Waals surface area contributed by atoms with Crippen LogP contribution in [-0.4, -0.2) is 64.8 Å². The van der Waals surface area contributed by atoms with Gasteiger partial charge in [0.25, 0.3) is 5.91 Å². The lowest BCUT2D eigenvalue weighted by molar-refractivity contribution is -0.146. The Labute approximate surface area is 362 Å². The number of fused-ring (bicyclic) bond motifs is 3. The summed E-state index contributed by atoms with van der Waals surface area (Å²) in [5.74, 6) is 0.197. The molecule has 3 N–H and O–H groups in total. The number of aromatic nitrogens is 4. The second kappa shape index (κ2) is 16.8. The minimum atomic E-state index is -2.37. The standard InChI is InChI=1S/C50H52N6O5Si/c1-33-48(62(3,4)39-24-22-38(60-2)23-25-39)46(26-27-55-31-44(53-54-55)41(32-57)35-12-6-5-7-13-35)61-50(33)42-15-9-11-17-45(42)56(49(50)59)30-34-18-20-37(21-19-34)52-47(58)28-36-29-51-43-16-10-8-14-40(36)43/h5-25,29,31,33,41,46,48,51,57H,26-28,30,32H2,1-4H3,(H,52,58)/t33-,41?,46+,48-,50+/m0/s1. The maximum absolute atomic E-state index is 15.3. The summed E-state index contributed by atoms with van der Waals surface area (Å²) >= 11 is 0. The number of para-hydroxylation sites is 2. The lowest BCUT2D eigenvalue weighted by Crippen LogP contribution is -2.51. The summed E-state index contributed by atoms with van der Waals surface area (Å²) in [7, 11) is -0.692. The van der Waals surface area contributed by atoms with E-state index in [0.717, 1.165) is 44.6 Å². The van der Waals surface area contributed by atoms with Gasteiger partial charge < -0.3 is 29.8 Å². The molecule has 1 saturated heterocycles. The first-order valence-electron chi connectivity index (χ1n) is 21.3. The van der Waals surface area contributed by atoms with Gasteiger partial charge in [0.1, 0.15) is 5.75 Å². The number of anilines is 2. The number of hydrogen-bond donors (Lipinski definition) is 3. The van der Waals surface area contributed by atoms with Crippen LogP contribution in [0.4, 0.5) is 11.4 Å². The van der Waals surface area contributed by atoms with E-state index in [9.17, 15) is 9.90 Å². The Morgan fingerprint density at radius 3 is 2.44 bits per heavy atom. The quantitative estimate of drug-likeness (QED) is 0.0948. The molecule has 2 aliphatic heterocycles. The Balaban J connectivity index is 0.975. The van der Waals surface area contributed by atoms with Crippen LogP contribution in [0, 0.1) is 5.92 Å². The molecule has 0 saturated carbocycles. The Morgan fingerprint density at radius 2 is 1.68 bits per heavy atom. The Hall–Kier alpha value is -6.34. The lowest BCUT2D eigenvalue weighted by Gasteiger charge is -2.37. The number of carbonyl (C=O) groups excluding carboxylic acids is 2. The van der Waals surface area contributed by atoms with Crippen LogP contribution in [0.15, 0.2) is 140 Å². The summed E-state index contributed by atoms with van der Waals surface area (Å²) in [6, 6.07) is 42.0. The topological polar surface area (TPSA) is 135 Å². The van der Waals surface area contributed by atoms with Crippen molar-refractivity contribution in [3.8, 4) is 5.75 Å². The predicted molar refractivity (Wildman–Crippen MR) is 244 cm³/mol. The summed E-state index contributed by atoms with van der Waals surface area (Å²) in [4.78, 5) is 33.5. The van der Waals surface area contributed by atoms with Crippen molar-refractivity contribution in [3.63, 3.8) is 0 Å². The molecule has 1 unspecified atom stereocenters. The highest BCUT2D eigenvalue weighted by atomic mass is 28.3. The molecule has 4 heterocycles. The van der Waals surface area contributed by atoms with Crippen LogP contribution < -0.4 is 20.1 Å². The fourth-order valence-electron chi connectivity index (χ4n) is 10.1. The number of nitrogens with one attached hydrogen (secondary N) is 2. The number of nitrogens with zero attached hydrogens (tertiary/aromatic N) is 4. The summed E-state index contributed by atoms with van der Waals surface area (Å²) in [5.41, 5.74) is 5.86. The fraction of sp³-hybridized carbons (Fsp3) is 0.280. The molecule has 0 aliphatic carbocycles. The average molecular weight is 845 g/mol. The molecule has 7 aromatic rings. The van der Waals surface area contributed by atoms with Gasteiger partial charge in [-0.15, -0.1) is 5.10 Å². The fourth-order valence-corrected chi connectivity index (χ4v) is 14.2. The van der Waals surface area contributed by atoms with Gasteiger partial charge in [0, 0.05) is 47.0 Å². The van der Waals surface area contributed by atoms with E-state index in [1.54, 1.807) is 7.11 Å². The van der Waals surface area contributed by atoms with Crippen molar-refractivity contribution in [2.75, 3.05) is 23.9 Å². The highest BCUT2D eigenvalue weighted by Gasteiger charge is 2.66. The van der Waals surface area contributed by atoms with Crippen molar-refractivity contribution in [1.29, 1.82) is 0 Å². The van der Waals surface area contributed by atoms with E-state index in [4.69, 9.17) is 9.47 Å². The van der Waals surface area contributed by atoms with Crippen LogP contribution in [0.5, 0.6) is 5.75 Å². The molecule has 316 valence electrons. The molecule has 2 aromatic heterocycles. The zero-order valence-electron chi connectivity index (χ0n) is 35.5. The van der Waals surface area contributed by atoms with Gasteiger partial charge >= 0.3 is 0 Å². The third kappa shape index (κ3) is 7.41. The number of carbonyl (C=O) groups is 2. The van der Waals surface area contributed by atoms with Gasteiger partial charge in [-0.1, -0.05) is 121 Å². The number of methoxy groups -OCH3 is 1. The van der Waals surface area contributed by atoms with Gasteiger partial charge in [0.05, 0.1) is 58.2 Å². The van der Waals surface area contributed by atoms with Crippen LogP contribution in [0.3, 0.4) is 0 Å². The molecule has 0 bridgehead atoms. The highest BCUT2D eigenvalue weighted by Crippen LogP contribution is 2.60. The van der Waals surface area contributed by atoms with Crippen molar-refractivity contribution in [1.82, 2.24) is 20.0 Å². The first kappa shape index (κ1) is 41.0. The molecule has 2 aliphatic rings. The predicted octanol–water partition coefficient (Wildman–Crippen LogP) is 7.93. The third-order valence-electron chi connectivity index (χ3n) is 13.3. The van der Waals surface area contributed by atoms with Crippen LogP contribution in [0.1, 0.15) is 47.2 Å². The third-order valence-corrected chi connectivity index (χ3v) is 17.6. The number of aliphatic hydroxyl groups is 1. The minimum Gasteiger partial charge on any atom is -0.497 e. The SMILES string of the molecule is COc1ccc([Si](C)(C)[C@@H]2[C@@H](CCn3cc(C(CO)c4ccccc4)nn3)O[C@]3(C(=O)N(Cc4ccc(NC(=O)Cc5c[nH]c6ccccc56)cc4)c4ccccc43)[C@H]2C)cc1. The molecule has 12 heteroatoms. The normalized spacial score (nSPS) is 20.2. The number of benzene rings is 5. The number of rotatable bonds is 14. The number of hydrogen-bond acceptors (Lipinski definition) is 7. The molecule has 11 nitrogen and oxygen atoms in total. The lowest BCUT2D eigenvalue weighted by atomic mass is 9.82. The average Bonchev–Trinajstić information content (AvgIpc) is 4.06. The summed E-state index contributed by atoms with van der Waals surface area (Å²) in [6.07, 6.45) is 4.41. The molecule has 9 rings (SSSR count). The van der Waals surface area contributed by atoms with Crippen molar-refractivity contribution >= 4 is 47.4 Å². The molecule has 1 fully saturated rings. The largest absolute Gasteiger partial charge is 0.497 e. The van der Waals surface area contributed by atoms with Crippen LogP contribution in [-0.2, 0) is 39.4 Å². The van der Waals surface area contributed by atoms with E-state index >= 15 is 4.79 Å². The number of aliphatic hydroxyl groups excluding tert-OH is 1. The van der Waals surface area contributed by atoms with Gasteiger partial charge in [0.15, 0.2) is 5.60 Å². The molecule has 1 spiro atoms. The zero-order chi connectivity index (χ0) is 43.0. The van der Waals surface area contributed by atoms with Gasteiger partial charge in [-0.2, -0.15) is 0 Å². The van der Waals surface area contributed by atoms with Crippen molar-refractivity contribution in [2.24, 2.45) is 5.92 Å². The molecule has 5 atom stereocenters. The minimum absolute atomic E-state index is 0.0532.